The van der Waals surface area contributed by atoms with E-state index in [1.54, 1.807) is 0 Å². The average Bonchev–Trinajstić information content (AvgIpc) is 2.73. The van der Waals surface area contributed by atoms with Crippen molar-refractivity contribution in [3.05, 3.63) is 36.5 Å². The van der Waals surface area contributed by atoms with Crippen LogP contribution in [0.25, 0.3) is 10.9 Å². The highest BCUT2D eigenvalue weighted by Gasteiger charge is 2.18. The summed E-state index contributed by atoms with van der Waals surface area (Å²) in [6.45, 7) is 3.85. The Morgan fingerprint density at radius 3 is 3.06 bits per heavy atom. The minimum absolute atomic E-state index is 0.310. The molecule has 3 rings (SSSR count). The number of nitrogens with zero attached hydrogens (tertiary/aromatic N) is 2. The SMILES string of the molecule is CN1CCO[C@@H](Cn2ccc3ccccc32)C1. The number of likely N-dealkylation sites (N-methyl/N-ethyl adjacent to an activating group) is 1. The smallest absolute Gasteiger partial charge is 0.0881 e. The van der Waals surface area contributed by atoms with Gasteiger partial charge in [0.25, 0.3) is 0 Å². The van der Waals surface area contributed by atoms with Crippen molar-refractivity contribution in [2.75, 3.05) is 26.7 Å². The number of fused-ring (bicyclic) bond motifs is 1. The molecule has 90 valence electrons. The quantitative estimate of drug-likeness (QED) is 0.785. The first-order valence-electron chi connectivity index (χ1n) is 6.17. The highest BCUT2D eigenvalue weighted by Crippen LogP contribution is 2.16. The van der Waals surface area contributed by atoms with Crippen LogP contribution >= 0.6 is 0 Å². The van der Waals surface area contributed by atoms with Crippen molar-refractivity contribution in [1.82, 2.24) is 9.47 Å². The second kappa shape index (κ2) is 4.51. The van der Waals surface area contributed by atoms with E-state index in [4.69, 9.17) is 4.74 Å². The minimum atomic E-state index is 0.310. The molecule has 0 spiro atoms. The molecule has 1 aliphatic rings. The van der Waals surface area contributed by atoms with Crippen molar-refractivity contribution in [2.45, 2.75) is 12.6 Å². The van der Waals surface area contributed by atoms with Crippen LogP contribution in [0.2, 0.25) is 0 Å². The Hall–Kier alpha value is -1.32. The van der Waals surface area contributed by atoms with E-state index in [0.717, 1.165) is 26.2 Å². The predicted molar refractivity (Wildman–Crippen MR) is 69.2 cm³/mol. The van der Waals surface area contributed by atoms with Gasteiger partial charge in [0, 0.05) is 24.8 Å². The fourth-order valence-corrected chi connectivity index (χ4v) is 2.50. The van der Waals surface area contributed by atoms with Gasteiger partial charge in [-0.15, -0.1) is 0 Å². The summed E-state index contributed by atoms with van der Waals surface area (Å²) in [5.74, 6) is 0. The van der Waals surface area contributed by atoms with Crippen LogP contribution in [-0.2, 0) is 11.3 Å². The molecular formula is C14H18N2O. The van der Waals surface area contributed by atoms with Gasteiger partial charge in [-0.05, 0) is 24.6 Å². The summed E-state index contributed by atoms with van der Waals surface area (Å²) in [6.07, 6.45) is 2.47. The first-order chi connectivity index (χ1) is 8.33. The second-order valence-electron chi connectivity index (χ2n) is 4.78. The number of rotatable bonds is 2. The molecule has 2 aromatic rings. The molecule has 0 aliphatic carbocycles. The summed E-state index contributed by atoms with van der Waals surface area (Å²) in [5.41, 5.74) is 1.30. The molecule has 3 nitrogen and oxygen atoms in total. The molecule has 1 aliphatic heterocycles. The monoisotopic (exact) mass is 230 g/mol. The van der Waals surface area contributed by atoms with Crippen molar-refractivity contribution in [2.24, 2.45) is 0 Å². The topological polar surface area (TPSA) is 17.4 Å². The Bertz CT molecular complexity index is 506. The summed E-state index contributed by atoms with van der Waals surface area (Å²) in [6, 6.07) is 10.7. The number of hydrogen-bond acceptors (Lipinski definition) is 2. The molecular weight excluding hydrogens is 212 g/mol. The van der Waals surface area contributed by atoms with Crippen LogP contribution in [0.3, 0.4) is 0 Å². The molecule has 17 heavy (non-hydrogen) atoms. The van der Waals surface area contributed by atoms with Crippen LogP contribution in [0.1, 0.15) is 0 Å². The van der Waals surface area contributed by atoms with E-state index in [2.05, 4.69) is 53.0 Å². The maximum absolute atomic E-state index is 5.81. The molecule has 2 heterocycles. The Balaban J connectivity index is 1.80. The number of morpholine rings is 1. The third-order valence-corrected chi connectivity index (χ3v) is 3.42. The van der Waals surface area contributed by atoms with E-state index in [1.165, 1.54) is 10.9 Å². The summed E-state index contributed by atoms with van der Waals surface area (Å²) < 4.78 is 8.10. The molecule has 1 saturated heterocycles. The van der Waals surface area contributed by atoms with Gasteiger partial charge in [0.1, 0.15) is 0 Å². The minimum Gasteiger partial charge on any atom is -0.374 e. The average molecular weight is 230 g/mol. The molecule has 0 N–H and O–H groups in total. The van der Waals surface area contributed by atoms with Crippen LogP contribution < -0.4 is 0 Å². The highest BCUT2D eigenvalue weighted by atomic mass is 16.5. The predicted octanol–water partition coefficient (Wildman–Crippen LogP) is 1.97. The van der Waals surface area contributed by atoms with Gasteiger partial charge < -0.3 is 14.2 Å². The van der Waals surface area contributed by atoms with E-state index in [0.29, 0.717) is 6.10 Å². The molecule has 0 amide bonds. The Kier molecular flexibility index (Phi) is 2.87. The molecule has 3 heteroatoms. The van der Waals surface area contributed by atoms with Crippen LogP contribution in [0.5, 0.6) is 0 Å². The molecule has 0 bridgehead atoms. The van der Waals surface area contributed by atoms with Gasteiger partial charge in [0.15, 0.2) is 0 Å². The first kappa shape index (κ1) is 10.8. The van der Waals surface area contributed by atoms with E-state index in [1.807, 2.05) is 0 Å². The summed E-state index contributed by atoms with van der Waals surface area (Å²) in [7, 11) is 2.16. The molecule has 1 aromatic heterocycles. The van der Waals surface area contributed by atoms with E-state index in [9.17, 15) is 0 Å². The molecule has 0 radical (unpaired) electrons. The lowest BCUT2D eigenvalue weighted by molar-refractivity contribution is -0.0269. The molecule has 1 atom stereocenters. The van der Waals surface area contributed by atoms with Gasteiger partial charge in [-0.3, -0.25) is 0 Å². The van der Waals surface area contributed by atoms with E-state index in [-0.39, 0.29) is 0 Å². The number of hydrogen-bond donors (Lipinski definition) is 0. The number of benzene rings is 1. The zero-order chi connectivity index (χ0) is 11.7. The molecule has 1 fully saturated rings. The maximum atomic E-state index is 5.81. The number of ether oxygens (including phenoxy) is 1. The highest BCUT2D eigenvalue weighted by molar-refractivity contribution is 5.79. The van der Waals surface area contributed by atoms with Crippen LogP contribution in [-0.4, -0.2) is 42.3 Å². The molecule has 0 saturated carbocycles. The zero-order valence-corrected chi connectivity index (χ0v) is 10.2. The Morgan fingerprint density at radius 1 is 1.29 bits per heavy atom. The third kappa shape index (κ3) is 2.21. The van der Waals surface area contributed by atoms with E-state index < -0.39 is 0 Å². The first-order valence-corrected chi connectivity index (χ1v) is 6.17. The van der Waals surface area contributed by atoms with Crippen molar-refractivity contribution in [1.29, 1.82) is 0 Å². The number of aromatic nitrogens is 1. The van der Waals surface area contributed by atoms with Gasteiger partial charge >= 0.3 is 0 Å². The third-order valence-electron chi connectivity index (χ3n) is 3.42. The van der Waals surface area contributed by atoms with Gasteiger partial charge in [0.2, 0.25) is 0 Å². The van der Waals surface area contributed by atoms with Gasteiger partial charge in [-0.2, -0.15) is 0 Å². The summed E-state index contributed by atoms with van der Waals surface area (Å²) in [5, 5.41) is 1.30. The lowest BCUT2D eigenvalue weighted by atomic mass is 10.2. The largest absolute Gasteiger partial charge is 0.374 e. The Morgan fingerprint density at radius 2 is 2.18 bits per heavy atom. The summed E-state index contributed by atoms with van der Waals surface area (Å²) >= 11 is 0. The second-order valence-corrected chi connectivity index (χ2v) is 4.78. The van der Waals surface area contributed by atoms with Gasteiger partial charge in [-0.25, -0.2) is 0 Å². The van der Waals surface area contributed by atoms with Crippen LogP contribution in [0.15, 0.2) is 36.5 Å². The van der Waals surface area contributed by atoms with Crippen LogP contribution in [0, 0.1) is 0 Å². The summed E-state index contributed by atoms with van der Waals surface area (Å²) in [4.78, 5) is 2.33. The normalized spacial score (nSPS) is 22.1. The Labute approximate surface area is 102 Å². The van der Waals surface area contributed by atoms with Gasteiger partial charge in [-0.1, -0.05) is 18.2 Å². The fraction of sp³-hybridized carbons (Fsp3) is 0.429. The van der Waals surface area contributed by atoms with Crippen molar-refractivity contribution < 1.29 is 4.74 Å². The number of para-hydroxylation sites is 1. The molecule has 1 aromatic carbocycles. The zero-order valence-electron chi connectivity index (χ0n) is 10.2. The lowest BCUT2D eigenvalue weighted by Crippen LogP contribution is -2.41. The van der Waals surface area contributed by atoms with Crippen LogP contribution in [0.4, 0.5) is 0 Å². The lowest BCUT2D eigenvalue weighted by Gasteiger charge is -2.30. The van der Waals surface area contributed by atoms with Crippen molar-refractivity contribution in [3.8, 4) is 0 Å². The standard InChI is InChI=1S/C14H18N2O/c1-15-8-9-17-13(10-15)11-16-7-6-12-4-2-3-5-14(12)16/h2-7,13H,8-11H2,1H3/t13-/m1/s1. The maximum Gasteiger partial charge on any atom is 0.0881 e. The fourth-order valence-electron chi connectivity index (χ4n) is 2.50. The van der Waals surface area contributed by atoms with Crippen molar-refractivity contribution in [3.63, 3.8) is 0 Å². The molecule has 0 unspecified atom stereocenters. The van der Waals surface area contributed by atoms with Gasteiger partial charge in [0.05, 0.1) is 19.3 Å². The van der Waals surface area contributed by atoms with E-state index >= 15 is 0 Å². The van der Waals surface area contributed by atoms with Crippen molar-refractivity contribution >= 4 is 10.9 Å².